The molecule has 0 spiro atoms. The van der Waals surface area contributed by atoms with E-state index in [-0.39, 0.29) is 30.1 Å². The van der Waals surface area contributed by atoms with Gasteiger partial charge in [-0.25, -0.2) is 0 Å². The Morgan fingerprint density at radius 2 is 1.78 bits per heavy atom. The molecular weight excluding hydrogens is 406 g/mol. The standard InChI is InChI=1S/C24H37N5O3/c1-27-16-18-28(19-17-27)15-12-26-23(31)20-8-5-13-29(14-10-22(30)25-11-9-20)24(32)21-6-3-2-4-7-21/h2-4,6-7,20H,5,8-19H2,1H3,(H,25,30)(H,26,31). The Bertz CT molecular complexity index is 749. The smallest absolute Gasteiger partial charge is 0.253 e. The van der Waals surface area contributed by atoms with E-state index >= 15 is 0 Å². The summed E-state index contributed by atoms with van der Waals surface area (Å²) in [4.78, 5) is 44.4. The van der Waals surface area contributed by atoms with Gasteiger partial charge in [0.25, 0.3) is 5.91 Å². The Kier molecular flexibility index (Phi) is 9.49. The van der Waals surface area contributed by atoms with E-state index in [0.717, 1.165) is 39.1 Å². The molecule has 0 aromatic heterocycles. The SMILES string of the molecule is CN1CCN(CCNC(=O)C2CCCN(C(=O)c3ccccc3)CCC(=O)NCC2)CC1. The lowest BCUT2D eigenvalue weighted by molar-refractivity contribution is -0.126. The van der Waals surface area contributed by atoms with Crippen LogP contribution in [-0.2, 0) is 9.59 Å². The number of hydrogen-bond acceptors (Lipinski definition) is 5. The van der Waals surface area contributed by atoms with Crippen LogP contribution in [0.1, 0.15) is 36.0 Å². The molecule has 2 aliphatic rings. The van der Waals surface area contributed by atoms with E-state index < -0.39 is 0 Å². The first kappa shape index (κ1) is 24.2. The maximum Gasteiger partial charge on any atom is 0.253 e. The minimum atomic E-state index is -0.158. The number of hydrogen-bond donors (Lipinski definition) is 2. The van der Waals surface area contributed by atoms with Crippen molar-refractivity contribution in [3.8, 4) is 0 Å². The van der Waals surface area contributed by atoms with Crippen molar-refractivity contribution in [1.29, 1.82) is 0 Å². The van der Waals surface area contributed by atoms with Gasteiger partial charge in [0.2, 0.25) is 11.8 Å². The number of carbonyl (C=O) groups is 3. The first-order chi connectivity index (χ1) is 15.5. The van der Waals surface area contributed by atoms with Crippen molar-refractivity contribution in [3.05, 3.63) is 35.9 Å². The van der Waals surface area contributed by atoms with Crippen molar-refractivity contribution >= 4 is 17.7 Å². The fraction of sp³-hybridized carbons (Fsp3) is 0.625. The summed E-state index contributed by atoms with van der Waals surface area (Å²) in [5.74, 6) is -0.249. The average Bonchev–Trinajstić information content (AvgIpc) is 2.85. The zero-order chi connectivity index (χ0) is 22.8. The van der Waals surface area contributed by atoms with Crippen molar-refractivity contribution < 1.29 is 14.4 Å². The van der Waals surface area contributed by atoms with Gasteiger partial charge in [-0.1, -0.05) is 18.2 Å². The second kappa shape index (κ2) is 12.6. The minimum Gasteiger partial charge on any atom is -0.356 e. The molecule has 1 atom stereocenters. The first-order valence-electron chi connectivity index (χ1n) is 11.8. The van der Waals surface area contributed by atoms with Gasteiger partial charge in [-0.05, 0) is 38.4 Å². The Labute approximate surface area is 191 Å². The zero-order valence-electron chi connectivity index (χ0n) is 19.2. The molecule has 0 saturated carbocycles. The number of rotatable bonds is 5. The molecule has 2 N–H and O–H groups in total. The van der Waals surface area contributed by atoms with Gasteiger partial charge in [-0.2, -0.15) is 0 Å². The second-order valence-electron chi connectivity index (χ2n) is 8.82. The molecule has 3 rings (SSSR count). The lowest BCUT2D eigenvalue weighted by Crippen LogP contribution is -2.47. The van der Waals surface area contributed by atoms with E-state index in [1.807, 2.05) is 18.2 Å². The predicted octanol–water partition coefficient (Wildman–Crippen LogP) is 0.799. The maximum absolute atomic E-state index is 12.9. The van der Waals surface area contributed by atoms with Crippen molar-refractivity contribution in [3.63, 3.8) is 0 Å². The van der Waals surface area contributed by atoms with Gasteiger partial charge in [0, 0.05) is 76.8 Å². The van der Waals surface area contributed by atoms with Gasteiger partial charge in [0.15, 0.2) is 0 Å². The maximum atomic E-state index is 12.9. The van der Waals surface area contributed by atoms with Crippen LogP contribution in [0.4, 0.5) is 0 Å². The van der Waals surface area contributed by atoms with Gasteiger partial charge in [0.1, 0.15) is 0 Å². The van der Waals surface area contributed by atoms with E-state index in [9.17, 15) is 14.4 Å². The molecule has 8 heteroatoms. The van der Waals surface area contributed by atoms with Gasteiger partial charge in [0.05, 0.1) is 0 Å². The third-order valence-corrected chi connectivity index (χ3v) is 6.41. The fourth-order valence-corrected chi connectivity index (χ4v) is 4.28. The van der Waals surface area contributed by atoms with Crippen LogP contribution in [0.15, 0.2) is 30.3 Å². The van der Waals surface area contributed by atoms with Gasteiger partial charge in [-0.15, -0.1) is 0 Å². The van der Waals surface area contributed by atoms with Crippen LogP contribution in [0.3, 0.4) is 0 Å². The Morgan fingerprint density at radius 3 is 2.53 bits per heavy atom. The van der Waals surface area contributed by atoms with Crippen molar-refractivity contribution in [2.24, 2.45) is 5.92 Å². The molecule has 2 aliphatic heterocycles. The summed E-state index contributed by atoms with van der Waals surface area (Å²) >= 11 is 0. The third kappa shape index (κ3) is 7.60. The summed E-state index contributed by atoms with van der Waals surface area (Å²) in [5, 5.41) is 6.00. The van der Waals surface area contributed by atoms with Crippen LogP contribution in [0.5, 0.6) is 0 Å². The second-order valence-corrected chi connectivity index (χ2v) is 8.82. The van der Waals surface area contributed by atoms with Crippen LogP contribution in [0.2, 0.25) is 0 Å². The highest BCUT2D eigenvalue weighted by atomic mass is 16.2. The van der Waals surface area contributed by atoms with Gasteiger partial charge >= 0.3 is 0 Å². The summed E-state index contributed by atoms with van der Waals surface area (Å²) in [6.45, 7) is 7.13. The summed E-state index contributed by atoms with van der Waals surface area (Å²) in [5.41, 5.74) is 0.626. The van der Waals surface area contributed by atoms with Crippen molar-refractivity contribution in [1.82, 2.24) is 25.3 Å². The van der Waals surface area contributed by atoms with E-state index in [1.54, 1.807) is 17.0 Å². The Balaban J connectivity index is 1.51. The van der Waals surface area contributed by atoms with Crippen molar-refractivity contribution in [2.45, 2.75) is 25.7 Å². The number of likely N-dealkylation sites (N-methyl/N-ethyl adjacent to an activating group) is 1. The molecule has 1 unspecified atom stereocenters. The summed E-state index contributed by atoms with van der Waals surface area (Å²) in [6.07, 6.45) is 2.34. The largest absolute Gasteiger partial charge is 0.356 e. The molecule has 2 saturated heterocycles. The highest BCUT2D eigenvalue weighted by Crippen LogP contribution is 2.15. The lowest BCUT2D eigenvalue weighted by atomic mass is 9.98. The highest BCUT2D eigenvalue weighted by molar-refractivity contribution is 5.94. The number of piperazine rings is 1. The fourth-order valence-electron chi connectivity index (χ4n) is 4.28. The topological polar surface area (TPSA) is 85.0 Å². The van der Waals surface area contributed by atoms with Crippen LogP contribution in [0.25, 0.3) is 0 Å². The number of benzene rings is 1. The van der Waals surface area contributed by atoms with Crippen LogP contribution >= 0.6 is 0 Å². The zero-order valence-corrected chi connectivity index (χ0v) is 19.2. The predicted molar refractivity (Wildman–Crippen MR) is 124 cm³/mol. The molecule has 0 aliphatic carbocycles. The molecule has 1 aromatic carbocycles. The molecule has 2 heterocycles. The van der Waals surface area contributed by atoms with Crippen LogP contribution < -0.4 is 10.6 Å². The lowest BCUT2D eigenvalue weighted by Gasteiger charge is -2.32. The Morgan fingerprint density at radius 1 is 1.03 bits per heavy atom. The third-order valence-electron chi connectivity index (χ3n) is 6.41. The molecule has 0 bridgehead atoms. The van der Waals surface area contributed by atoms with E-state index in [1.165, 1.54) is 0 Å². The quantitative estimate of drug-likeness (QED) is 0.703. The van der Waals surface area contributed by atoms with E-state index in [0.29, 0.717) is 44.6 Å². The van der Waals surface area contributed by atoms with Crippen LogP contribution in [0, 0.1) is 5.92 Å². The first-order valence-corrected chi connectivity index (χ1v) is 11.8. The molecule has 1 aromatic rings. The van der Waals surface area contributed by atoms with Crippen LogP contribution in [-0.4, -0.2) is 98.4 Å². The van der Waals surface area contributed by atoms with Crippen molar-refractivity contribution in [2.75, 3.05) is 66.0 Å². The molecule has 3 amide bonds. The molecule has 0 radical (unpaired) electrons. The highest BCUT2D eigenvalue weighted by Gasteiger charge is 2.23. The normalized spacial score (nSPS) is 22.0. The Hall–Kier alpha value is -2.45. The molecular formula is C24H37N5O3. The number of amides is 3. The summed E-state index contributed by atoms with van der Waals surface area (Å²) in [6, 6.07) is 9.15. The number of nitrogens with one attached hydrogen (secondary N) is 2. The average molecular weight is 444 g/mol. The molecule has 2 fully saturated rings. The number of carbonyl (C=O) groups excluding carboxylic acids is 3. The van der Waals surface area contributed by atoms with E-state index in [2.05, 4.69) is 27.5 Å². The van der Waals surface area contributed by atoms with Gasteiger partial charge < -0.3 is 20.4 Å². The van der Waals surface area contributed by atoms with Gasteiger partial charge in [-0.3, -0.25) is 19.3 Å². The van der Waals surface area contributed by atoms with E-state index in [4.69, 9.17) is 0 Å². The summed E-state index contributed by atoms with van der Waals surface area (Å²) in [7, 11) is 2.13. The minimum absolute atomic E-state index is 0.0496. The monoisotopic (exact) mass is 443 g/mol. The molecule has 32 heavy (non-hydrogen) atoms. The molecule has 8 nitrogen and oxygen atoms in total. The summed E-state index contributed by atoms with van der Waals surface area (Å²) < 4.78 is 0. The number of nitrogens with zero attached hydrogens (tertiary/aromatic N) is 3. The molecule has 176 valence electrons.